The highest BCUT2D eigenvalue weighted by Gasteiger charge is 2.42. The first kappa shape index (κ1) is 18.6. The summed E-state index contributed by atoms with van der Waals surface area (Å²) in [5, 5.41) is 0. The zero-order valence-electron chi connectivity index (χ0n) is 15.3. The van der Waals surface area contributed by atoms with E-state index >= 15 is 0 Å². The van der Waals surface area contributed by atoms with Crippen molar-refractivity contribution in [3.63, 3.8) is 0 Å². The van der Waals surface area contributed by atoms with Gasteiger partial charge in [0, 0.05) is 32.2 Å². The highest BCUT2D eigenvalue weighted by Crippen LogP contribution is 2.25. The topological polar surface area (TPSA) is 74.6 Å². The Labute approximate surface area is 157 Å². The SMILES string of the molecule is C=Cc1ccc(C(=O)c2cccn2CCC2C(=O)OC(C)(C)OC2=O)cc1. The van der Waals surface area contributed by atoms with Crippen molar-refractivity contribution in [3.8, 4) is 0 Å². The third kappa shape index (κ3) is 4.00. The quantitative estimate of drug-likeness (QED) is 0.445. The van der Waals surface area contributed by atoms with Crippen LogP contribution in [-0.4, -0.2) is 28.1 Å². The lowest BCUT2D eigenvalue weighted by atomic mass is 10.0. The average Bonchev–Trinajstić information content (AvgIpc) is 3.08. The van der Waals surface area contributed by atoms with E-state index in [1.165, 1.54) is 13.8 Å². The van der Waals surface area contributed by atoms with Crippen LogP contribution in [0.25, 0.3) is 6.08 Å². The highest BCUT2D eigenvalue weighted by atomic mass is 16.7. The van der Waals surface area contributed by atoms with Crippen LogP contribution >= 0.6 is 0 Å². The molecule has 27 heavy (non-hydrogen) atoms. The minimum absolute atomic E-state index is 0.134. The third-order valence-electron chi connectivity index (χ3n) is 4.39. The molecule has 1 aromatic heterocycles. The van der Waals surface area contributed by atoms with Crippen LogP contribution in [0.1, 0.15) is 41.9 Å². The van der Waals surface area contributed by atoms with Gasteiger partial charge in [-0.05, 0) is 24.1 Å². The number of hydrogen-bond acceptors (Lipinski definition) is 5. The normalized spacial score (nSPS) is 16.5. The van der Waals surface area contributed by atoms with Crippen molar-refractivity contribution in [2.75, 3.05) is 0 Å². The van der Waals surface area contributed by atoms with Crippen LogP contribution in [0.3, 0.4) is 0 Å². The van der Waals surface area contributed by atoms with Crippen LogP contribution in [0.2, 0.25) is 0 Å². The van der Waals surface area contributed by atoms with E-state index < -0.39 is 23.6 Å². The summed E-state index contributed by atoms with van der Waals surface area (Å²) >= 11 is 0. The van der Waals surface area contributed by atoms with Crippen molar-refractivity contribution in [2.24, 2.45) is 5.92 Å². The second-order valence-corrected chi connectivity index (χ2v) is 6.83. The highest BCUT2D eigenvalue weighted by molar-refractivity contribution is 6.08. The van der Waals surface area contributed by atoms with Crippen molar-refractivity contribution >= 4 is 23.8 Å². The molecular weight excluding hydrogens is 346 g/mol. The van der Waals surface area contributed by atoms with Gasteiger partial charge in [-0.2, -0.15) is 0 Å². The number of esters is 2. The monoisotopic (exact) mass is 367 g/mol. The van der Waals surface area contributed by atoms with Gasteiger partial charge >= 0.3 is 11.9 Å². The maximum absolute atomic E-state index is 12.8. The number of aryl methyl sites for hydroxylation is 1. The number of carbonyl (C=O) groups is 3. The third-order valence-corrected chi connectivity index (χ3v) is 4.39. The fourth-order valence-electron chi connectivity index (χ4n) is 2.98. The van der Waals surface area contributed by atoms with E-state index in [1.807, 2.05) is 12.1 Å². The molecule has 0 atom stereocenters. The summed E-state index contributed by atoms with van der Waals surface area (Å²) in [5.74, 6) is -3.56. The molecule has 0 radical (unpaired) electrons. The van der Waals surface area contributed by atoms with Gasteiger partial charge in [0.15, 0.2) is 5.92 Å². The fourth-order valence-corrected chi connectivity index (χ4v) is 2.98. The number of ether oxygens (including phenoxy) is 2. The van der Waals surface area contributed by atoms with E-state index in [4.69, 9.17) is 9.47 Å². The maximum atomic E-state index is 12.8. The van der Waals surface area contributed by atoms with Gasteiger partial charge in [-0.25, -0.2) is 0 Å². The first-order chi connectivity index (χ1) is 12.8. The molecule has 0 N–H and O–H groups in total. The van der Waals surface area contributed by atoms with Gasteiger partial charge < -0.3 is 14.0 Å². The molecule has 140 valence electrons. The average molecular weight is 367 g/mol. The summed E-state index contributed by atoms with van der Waals surface area (Å²) < 4.78 is 12.0. The zero-order valence-corrected chi connectivity index (χ0v) is 15.3. The van der Waals surface area contributed by atoms with Gasteiger partial charge in [0.2, 0.25) is 5.78 Å². The fraction of sp³-hybridized carbons (Fsp3) is 0.286. The van der Waals surface area contributed by atoms with Crippen molar-refractivity contribution in [1.82, 2.24) is 4.57 Å². The second-order valence-electron chi connectivity index (χ2n) is 6.83. The molecule has 1 aromatic carbocycles. The maximum Gasteiger partial charge on any atom is 0.323 e. The molecule has 0 saturated carbocycles. The number of cyclic esters (lactones) is 2. The van der Waals surface area contributed by atoms with Crippen molar-refractivity contribution in [3.05, 3.63) is 66.0 Å². The summed E-state index contributed by atoms with van der Waals surface area (Å²) in [6, 6.07) is 10.6. The molecule has 1 aliphatic heterocycles. The Morgan fingerprint density at radius 3 is 2.37 bits per heavy atom. The molecule has 2 aromatic rings. The molecule has 0 amide bonds. The molecular formula is C21H21NO5. The Balaban J connectivity index is 1.72. The van der Waals surface area contributed by atoms with Gasteiger partial charge in [-0.15, -0.1) is 0 Å². The van der Waals surface area contributed by atoms with Crippen molar-refractivity contribution in [1.29, 1.82) is 0 Å². The summed E-state index contributed by atoms with van der Waals surface area (Å²) in [7, 11) is 0. The van der Waals surface area contributed by atoms with Crippen molar-refractivity contribution < 1.29 is 23.9 Å². The molecule has 0 spiro atoms. The van der Waals surface area contributed by atoms with Crippen LogP contribution in [0.4, 0.5) is 0 Å². The Morgan fingerprint density at radius 1 is 1.15 bits per heavy atom. The van der Waals surface area contributed by atoms with Crippen LogP contribution < -0.4 is 0 Å². The van der Waals surface area contributed by atoms with E-state index in [0.717, 1.165) is 5.56 Å². The Bertz CT molecular complexity index is 872. The Morgan fingerprint density at radius 2 is 1.78 bits per heavy atom. The second kappa shape index (κ2) is 7.23. The lowest BCUT2D eigenvalue weighted by Crippen LogP contribution is -2.46. The van der Waals surface area contributed by atoms with Gasteiger partial charge in [0.1, 0.15) is 0 Å². The van der Waals surface area contributed by atoms with Crippen LogP contribution in [0.5, 0.6) is 0 Å². The van der Waals surface area contributed by atoms with Gasteiger partial charge in [-0.3, -0.25) is 14.4 Å². The van der Waals surface area contributed by atoms with E-state index in [0.29, 0.717) is 17.8 Å². The predicted octanol–water partition coefficient (Wildman–Crippen LogP) is 3.20. The van der Waals surface area contributed by atoms with E-state index in [-0.39, 0.29) is 12.2 Å². The van der Waals surface area contributed by atoms with Crippen LogP contribution in [-0.2, 0) is 25.6 Å². The van der Waals surface area contributed by atoms with Crippen LogP contribution in [0.15, 0.2) is 49.2 Å². The number of ketones is 1. The smallest absolute Gasteiger partial charge is 0.323 e. The van der Waals surface area contributed by atoms with Gasteiger partial charge in [0.05, 0.1) is 5.69 Å². The number of carbonyl (C=O) groups excluding carboxylic acids is 3. The minimum Gasteiger partial charge on any atom is -0.422 e. The standard InChI is InChI=1S/C21H21NO5/c1-4-14-7-9-15(10-8-14)18(23)17-6-5-12-22(17)13-11-16-19(24)26-21(2,3)27-20(16)25/h4-10,12,16H,1,11,13H2,2-3H3. The lowest BCUT2D eigenvalue weighted by molar-refractivity contribution is -0.240. The number of benzene rings is 1. The lowest BCUT2D eigenvalue weighted by Gasteiger charge is -2.32. The molecule has 3 rings (SSSR count). The van der Waals surface area contributed by atoms with E-state index in [1.54, 1.807) is 41.1 Å². The minimum atomic E-state index is -1.24. The Hall–Kier alpha value is -3.15. The molecule has 0 aliphatic carbocycles. The molecule has 1 saturated heterocycles. The van der Waals surface area contributed by atoms with E-state index in [9.17, 15) is 14.4 Å². The predicted molar refractivity (Wildman–Crippen MR) is 98.8 cm³/mol. The number of hydrogen-bond donors (Lipinski definition) is 0. The summed E-state index contributed by atoms with van der Waals surface area (Å²) in [6.07, 6.45) is 3.65. The summed E-state index contributed by atoms with van der Waals surface area (Å²) in [5.41, 5.74) is 1.97. The number of nitrogens with zero attached hydrogens (tertiary/aromatic N) is 1. The van der Waals surface area contributed by atoms with Crippen molar-refractivity contribution in [2.45, 2.75) is 32.6 Å². The first-order valence-corrected chi connectivity index (χ1v) is 8.69. The summed E-state index contributed by atoms with van der Waals surface area (Å²) in [4.78, 5) is 36.9. The number of aromatic nitrogens is 1. The Kier molecular flexibility index (Phi) is 4.99. The van der Waals surface area contributed by atoms with Crippen LogP contribution in [0, 0.1) is 5.92 Å². The molecule has 0 bridgehead atoms. The largest absolute Gasteiger partial charge is 0.422 e. The van der Waals surface area contributed by atoms with E-state index in [2.05, 4.69) is 6.58 Å². The molecule has 1 fully saturated rings. The zero-order chi connectivity index (χ0) is 19.6. The molecule has 2 heterocycles. The molecule has 1 aliphatic rings. The molecule has 0 unspecified atom stereocenters. The molecule has 6 heteroatoms. The van der Waals surface area contributed by atoms with Gasteiger partial charge in [0.25, 0.3) is 5.79 Å². The van der Waals surface area contributed by atoms with Gasteiger partial charge in [-0.1, -0.05) is 36.9 Å². The number of rotatable bonds is 6. The first-order valence-electron chi connectivity index (χ1n) is 8.69. The summed E-state index contributed by atoms with van der Waals surface area (Å²) in [6.45, 7) is 7.03. The molecule has 6 nitrogen and oxygen atoms in total.